The van der Waals surface area contributed by atoms with Crippen LogP contribution in [0.15, 0.2) is 127 Å². The Kier molecular flexibility index (Phi) is 9.09. The van der Waals surface area contributed by atoms with Gasteiger partial charge in [0.25, 0.3) is 0 Å². The van der Waals surface area contributed by atoms with Gasteiger partial charge >= 0.3 is 5.97 Å². The first-order valence-corrected chi connectivity index (χ1v) is 15.1. The Labute approximate surface area is 257 Å². The number of ketones is 1. The van der Waals surface area contributed by atoms with E-state index in [0.717, 1.165) is 22.3 Å². The lowest BCUT2D eigenvalue weighted by Crippen LogP contribution is -2.50. The number of ether oxygens (including phenoxy) is 2. The third-order valence-corrected chi connectivity index (χ3v) is 8.60. The Balaban J connectivity index is 1.29. The van der Waals surface area contributed by atoms with Crippen molar-refractivity contribution in [1.29, 1.82) is 0 Å². The first kappa shape index (κ1) is 29.3. The fourth-order valence-corrected chi connectivity index (χ4v) is 6.30. The van der Waals surface area contributed by atoms with Crippen molar-refractivity contribution in [3.8, 4) is 11.1 Å². The maximum atomic E-state index is 14.3. The summed E-state index contributed by atoms with van der Waals surface area (Å²) in [7, 11) is 0. The molecule has 44 heavy (non-hydrogen) atoms. The van der Waals surface area contributed by atoms with Crippen LogP contribution in [0.4, 0.5) is 0 Å². The molecule has 222 valence electrons. The van der Waals surface area contributed by atoms with E-state index in [1.165, 1.54) is 0 Å². The van der Waals surface area contributed by atoms with E-state index in [0.29, 0.717) is 31.9 Å². The summed E-state index contributed by atoms with van der Waals surface area (Å²) in [4.78, 5) is 43.4. The predicted molar refractivity (Wildman–Crippen MR) is 169 cm³/mol. The number of allylic oxidation sites excluding steroid dienone is 2. The van der Waals surface area contributed by atoms with Gasteiger partial charge in [0, 0.05) is 30.5 Å². The molecule has 0 N–H and O–H groups in total. The van der Waals surface area contributed by atoms with Gasteiger partial charge in [-0.3, -0.25) is 14.4 Å². The Morgan fingerprint density at radius 1 is 0.636 bits per heavy atom. The highest BCUT2D eigenvalue weighted by molar-refractivity contribution is 5.98. The van der Waals surface area contributed by atoms with Crippen LogP contribution < -0.4 is 0 Å². The molecule has 0 spiro atoms. The van der Waals surface area contributed by atoms with Crippen LogP contribution in [0.3, 0.4) is 0 Å². The van der Waals surface area contributed by atoms with E-state index in [4.69, 9.17) is 9.47 Å². The van der Waals surface area contributed by atoms with Crippen LogP contribution in [0, 0.1) is 11.8 Å². The zero-order valence-electron chi connectivity index (χ0n) is 24.5. The lowest BCUT2D eigenvalue weighted by Gasteiger charge is -2.41. The zero-order chi connectivity index (χ0) is 30.3. The molecule has 4 aromatic carbocycles. The zero-order valence-corrected chi connectivity index (χ0v) is 24.5. The van der Waals surface area contributed by atoms with E-state index < -0.39 is 24.4 Å². The minimum absolute atomic E-state index is 0.0998. The summed E-state index contributed by atoms with van der Waals surface area (Å²) in [6.07, 6.45) is 4.07. The molecule has 1 saturated heterocycles. The van der Waals surface area contributed by atoms with Gasteiger partial charge < -0.3 is 14.4 Å². The number of esters is 1. The third-order valence-electron chi connectivity index (χ3n) is 8.60. The summed E-state index contributed by atoms with van der Waals surface area (Å²) in [6, 6.07) is 36.7. The van der Waals surface area contributed by atoms with Crippen molar-refractivity contribution in [3.63, 3.8) is 0 Å². The minimum Gasteiger partial charge on any atom is -0.457 e. The summed E-state index contributed by atoms with van der Waals surface area (Å²) in [5.41, 5.74) is 4.38. The number of hydrogen-bond donors (Lipinski definition) is 0. The molecule has 0 saturated carbocycles. The molecule has 4 aromatic rings. The van der Waals surface area contributed by atoms with Gasteiger partial charge in [-0.05, 0) is 22.3 Å². The van der Waals surface area contributed by atoms with Gasteiger partial charge in [0.05, 0.1) is 25.0 Å². The summed E-state index contributed by atoms with van der Waals surface area (Å²) >= 11 is 0. The Morgan fingerprint density at radius 2 is 1.14 bits per heavy atom. The highest BCUT2D eigenvalue weighted by atomic mass is 16.5. The molecule has 6 heteroatoms. The van der Waals surface area contributed by atoms with E-state index >= 15 is 0 Å². The minimum atomic E-state index is -0.823. The number of rotatable bonds is 8. The van der Waals surface area contributed by atoms with Crippen molar-refractivity contribution in [1.82, 2.24) is 4.90 Å². The highest BCUT2D eigenvalue weighted by Crippen LogP contribution is 2.46. The molecule has 0 radical (unpaired) electrons. The number of hydrogen-bond acceptors (Lipinski definition) is 5. The van der Waals surface area contributed by atoms with Gasteiger partial charge in [0.2, 0.25) is 5.91 Å². The maximum absolute atomic E-state index is 14.3. The highest BCUT2D eigenvalue weighted by Gasteiger charge is 2.48. The largest absolute Gasteiger partial charge is 0.457 e. The van der Waals surface area contributed by atoms with Crippen LogP contribution in [0.5, 0.6) is 0 Å². The summed E-state index contributed by atoms with van der Waals surface area (Å²) in [6.45, 7) is 1.45. The molecule has 0 bridgehead atoms. The third kappa shape index (κ3) is 6.41. The second-order valence-electron chi connectivity index (χ2n) is 11.2. The lowest BCUT2D eigenvalue weighted by atomic mass is 9.66. The number of carbonyl (C=O) groups is 3. The quantitative estimate of drug-likeness (QED) is 0.138. The fraction of sp³-hybridized carbons (Fsp3) is 0.237. The fourth-order valence-electron chi connectivity index (χ4n) is 6.30. The molecular weight excluding hydrogens is 550 g/mol. The van der Waals surface area contributed by atoms with Gasteiger partial charge in [-0.15, -0.1) is 0 Å². The monoisotopic (exact) mass is 585 g/mol. The van der Waals surface area contributed by atoms with E-state index in [-0.39, 0.29) is 23.5 Å². The second kappa shape index (κ2) is 13.7. The lowest BCUT2D eigenvalue weighted by molar-refractivity contribution is -0.157. The van der Waals surface area contributed by atoms with Crippen LogP contribution in [-0.2, 0) is 19.1 Å². The number of morpholine rings is 1. The molecule has 4 unspecified atom stereocenters. The molecule has 1 heterocycles. The molecule has 4 atom stereocenters. The number of carbonyl (C=O) groups excluding carboxylic acids is 3. The van der Waals surface area contributed by atoms with Crippen molar-refractivity contribution in [2.24, 2.45) is 11.8 Å². The Morgan fingerprint density at radius 3 is 1.70 bits per heavy atom. The first-order chi connectivity index (χ1) is 21.6. The van der Waals surface area contributed by atoms with E-state index in [2.05, 4.69) is 6.08 Å². The molecule has 2 aliphatic rings. The van der Waals surface area contributed by atoms with Crippen molar-refractivity contribution in [2.45, 2.75) is 11.8 Å². The van der Waals surface area contributed by atoms with Crippen LogP contribution in [0.1, 0.15) is 33.3 Å². The average Bonchev–Trinajstić information content (AvgIpc) is 3.11. The standard InChI is InChI=1S/C38H35NO5/c40-34(31-18-16-28(17-19-31)27-10-4-1-5-11-27)26-44-38(42)36-33(30-14-8-3-9-15-30)21-20-32(29-12-6-2-7-13-29)35(36)37(41)39-22-24-43-25-23-39/h1-21,32-33,35-36H,22-26H2. The van der Waals surface area contributed by atoms with E-state index in [9.17, 15) is 14.4 Å². The smallest absolute Gasteiger partial charge is 0.311 e. The summed E-state index contributed by atoms with van der Waals surface area (Å²) in [5.74, 6) is -3.20. The molecule has 1 aliphatic heterocycles. The molecule has 1 fully saturated rings. The summed E-state index contributed by atoms with van der Waals surface area (Å²) in [5, 5.41) is 0. The average molecular weight is 586 g/mol. The van der Waals surface area contributed by atoms with Crippen LogP contribution >= 0.6 is 0 Å². The van der Waals surface area contributed by atoms with E-state index in [1.54, 1.807) is 17.0 Å². The number of benzene rings is 4. The van der Waals surface area contributed by atoms with Gasteiger partial charge in [0.15, 0.2) is 12.4 Å². The van der Waals surface area contributed by atoms with Crippen molar-refractivity contribution < 1.29 is 23.9 Å². The Hall–Kier alpha value is -4.81. The van der Waals surface area contributed by atoms with Crippen molar-refractivity contribution in [3.05, 3.63) is 144 Å². The number of amides is 1. The van der Waals surface area contributed by atoms with Gasteiger partial charge in [0.1, 0.15) is 0 Å². The van der Waals surface area contributed by atoms with Crippen molar-refractivity contribution in [2.75, 3.05) is 32.9 Å². The molecule has 1 amide bonds. The van der Waals surface area contributed by atoms with Crippen LogP contribution in [-0.4, -0.2) is 55.5 Å². The molecule has 6 nitrogen and oxygen atoms in total. The number of Topliss-reactive ketones (excluding diaryl/α,β-unsaturated/α-hetero) is 1. The predicted octanol–water partition coefficient (Wildman–Crippen LogP) is 6.31. The normalized spacial score (nSPS) is 21.4. The van der Waals surface area contributed by atoms with Crippen LogP contribution in [0.25, 0.3) is 11.1 Å². The molecule has 6 rings (SSSR count). The topological polar surface area (TPSA) is 72.9 Å². The van der Waals surface area contributed by atoms with Gasteiger partial charge in [-0.1, -0.05) is 127 Å². The SMILES string of the molecule is O=C(COC(=O)C1C(c2ccccc2)C=CC(c2ccccc2)C1C(=O)N1CCOCC1)c1ccc(-c2ccccc2)cc1. The molecule has 1 aliphatic carbocycles. The second-order valence-corrected chi connectivity index (χ2v) is 11.2. The first-order valence-electron chi connectivity index (χ1n) is 15.1. The van der Waals surface area contributed by atoms with Gasteiger partial charge in [-0.25, -0.2) is 0 Å². The molecular formula is C38H35NO5. The van der Waals surface area contributed by atoms with Crippen molar-refractivity contribution >= 4 is 17.7 Å². The number of nitrogens with zero attached hydrogens (tertiary/aromatic N) is 1. The molecule has 0 aromatic heterocycles. The van der Waals surface area contributed by atoms with E-state index in [1.807, 2.05) is 109 Å². The maximum Gasteiger partial charge on any atom is 0.311 e. The van der Waals surface area contributed by atoms with Crippen LogP contribution in [0.2, 0.25) is 0 Å². The van der Waals surface area contributed by atoms with Gasteiger partial charge in [-0.2, -0.15) is 0 Å². The summed E-state index contributed by atoms with van der Waals surface area (Å²) < 4.78 is 11.3. The Bertz CT molecular complexity index is 1600.